The highest BCUT2D eigenvalue weighted by Crippen LogP contribution is 2.31. The largest absolute Gasteiger partial charge is 0.513 e. The van der Waals surface area contributed by atoms with E-state index in [2.05, 4.69) is 9.98 Å². The molecule has 0 unspecified atom stereocenters. The first-order valence-corrected chi connectivity index (χ1v) is 12.4. The number of benzene rings is 1. The number of nitrogens with zero attached hydrogens (tertiary/aromatic N) is 2. The minimum Gasteiger partial charge on any atom is -0.481 e. The Hall–Kier alpha value is -2.31. The van der Waals surface area contributed by atoms with Crippen molar-refractivity contribution >= 4 is 68.2 Å². The normalized spacial score (nSPS) is 15.6. The number of thiazole rings is 1. The van der Waals surface area contributed by atoms with Crippen LogP contribution < -0.4 is 4.74 Å². The van der Waals surface area contributed by atoms with Gasteiger partial charge in [0.05, 0.1) is 16.8 Å². The van der Waals surface area contributed by atoms with Crippen molar-refractivity contribution in [3.63, 3.8) is 0 Å². The van der Waals surface area contributed by atoms with E-state index < -0.39 is 24.1 Å². The number of thioether (sulfide) groups is 2. The second-order valence-electron chi connectivity index (χ2n) is 6.41. The third-order valence-electron chi connectivity index (χ3n) is 4.01. The summed E-state index contributed by atoms with van der Waals surface area (Å²) < 4.78 is 11.1. The van der Waals surface area contributed by atoms with Crippen LogP contribution in [0.25, 0.3) is 10.2 Å². The van der Waals surface area contributed by atoms with Crippen molar-refractivity contribution < 1.29 is 34.1 Å². The number of aliphatic imine (C=N–C) groups is 1. The first-order valence-electron chi connectivity index (χ1n) is 9.41. The molecule has 1 atom stereocenters. The van der Waals surface area contributed by atoms with Crippen LogP contribution in [0, 0.1) is 0 Å². The van der Waals surface area contributed by atoms with Gasteiger partial charge in [-0.25, -0.2) is 14.6 Å². The molecular weight excluding hydrogens is 464 g/mol. The van der Waals surface area contributed by atoms with Gasteiger partial charge < -0.3 is 19.7 Å². The minimum absolute atomic E-state index is 0.164. The van der Waals surface area contributed by atoms with Crippen LogP contribution in [-0.4, -0.2) is 68.2 Å². The second kappa shape index (κ2) is 11.3. The molecule has 0 radical (unpaired) electrons. The topological polar surface area (TPSA) is 135 Å². The average molecular weight is 485 g/mol. The third kappa shape index (κ3) is 7.11. The lowest BCUT2D eigenvalue weighted by molar-refractivity contribution is -0.138. The molecule has 1 aliphatic rings. The Morgan fingerprint density at radius 2 is 2.00 bits per heavy atom. The van der Waals surface area contributed by atoms with Crippen molar-refractivity contribution in [3.05, 3.63) is 23.2 Å². The van der Waals surface area contributed by atoms with E-state index in [1.165, 1.54) is 23.1 Å². The van der Waals surface area contributed by atoms with Gasteiger partial charge in [0.1, 0.15) is 15.8 Å². The van der Waals surface area contributed by atoms with Gasteiger partial charge in [-0.3, -0.25) is 9.79 Å². The lowest BCUT2D eigenvalue weighted by Gasteiger charge is -2.06. The Kier molecular flexibility index (Phi) is 8.55. The molecule has 1 aliphatic heterocycles. The van der Waals surface area contributed by atoms with Crippen LogP contribution in [0.3, 0.4) is 0 Å². The fourth-order valence-electron chi connectivity index (χ4n) is 2.55. The molecule has 1 aromatic heterocycles. The van der Waals surface area contributed by atoms with Gasteiger partial charge in [-0.15, -0.1) is 23.1 Å². The summed E-state index contributed by atoms with van der Waals surface area (Å²) in [6, 6.07) is 4.28. The van der Waals surface area contributed by atoms with E-state index in [9.17, 15) is 14.4 Å². The second-order valence-corrected chi connectivity index (χ2v) is 9.68. The quantitative estimate of drug-likeness (QED) is 0.276. The zero-order valence-corrected chi connectivity index (χ0v) is 18.8. The molecule has 2 aromatic rings. The lowest BCUT2D eigenvalue weighted by atomic mass is 10.3. The van der Waals surface area contributed by atoms with Gasteiger partial charge in [0.25, 0.3) is 0 Å². The molecular formula is C19H20N2O7S3. The van der Waals surface area contributed by atoms with Crippen molar-refractivity contribution in [1.29, 1.82) is 0 Å². The van der Waals surface area contributed by atoms with Gasteiger partial charge in [-0.2, -0.15) is 11.8 Å². The Morgan fingerprint density at radius 3 is 2.74 bits per heavy atom. The summed E-state index contributed by atoms with van der Waals surface area (Å²) in [5.74, 6) is 0.511. The monoisotopic (exact) mass is 484 g/mol. The zero-order chi connectivity index (χ0) is 22.2. The van der Waals surface area contributed by atoms with E-state index >= 15 is 0 Å². The predicted octanol–water partition coefficient (Wildman–Crippen LogP) is 3.75. The van der Waals surface area contributed by atoms with Gasteiger partial charge in [-0.1, -0.05) is 0 Å². The highest BCUT2D eigenvalue weighted by molar-refractivity contribution is 8.15. The molecule has 0 fully saturated rings. The number of ether oxygens (including phenoxy) is 2. The molecule has 0 aliphatic carbocycles. The zero-order valence-electron chi connectivity index (χ0n) is 16.3. The third-order valence-corrected chi connectivity index (χ3v) is 7.38. The van der Waals surface area contributed by atoms with E-state index in [1.807, 2.05) is 0 Å². The molecule has 2 heterocycles. The summed E-state index contributed by atoms with van der Waals surface area (Å²) in [7, 11) is 0. The van der Waals surface area contributed by atoms with E-state index in [4.69, 9.17) is 19.7 Å². The van der Waals surface area contributed by atoms with Crippen LogP contribution in [0.1, 0.15) is 24.3 Å². The van der Waals surface area contributed by atoms with Gasteiger partial charge in [-0.05, 0) is 36.5 Å². The number of fused-ring (bicyclic) bond motifs is 1. The van der Waals surface area contributed by atoms with Crippen molar-refractivity contribution in [2.45, 2.75) is 25.3 Å². The highest BCUT2D eigenvalue weighted by Gasteiger charge is 2.26. The summed E-state index contributed by atoms with van der Waals surface area (Å²) >= 11 is 4.34. The van der Waals surface area contributed by atoms with Crippen LogP contribution in [-0.2, 0) is 14.3 Å². The standard InChI is InChI=1S/C19H20N2O7S3/c22-15(23)3-1-7-29-8-2-6-27-19(26)28-11-4-5-12-14(9-11)31-17(20-12)16-21-13(10-30-16)18(24)25/h4-5,9,13H,1-3,6-8,10H2,(H,22,23)(H,24,25)/t13-/m1/s1. The molecule has 0 bridgehead atoms. The number of carbonyl (C=O) groups is 3. The van der Waals surface area contributed by atoms with Crippen molar-refractivity contribution in [3.8, 4) is 5.75 Å². The molecule has 2 N–H and O–H groups in total. The Labute approximate surface area is 190 Å². The van der Waals surface area contributed by atoms with Crippen LogP contribution in [0.2, 0.25) is 0 Å². The predicted molar refractivity (Wildman–Crippen MR) is 121 cm³/mol. The van der Waals surface area contributed by atoms with Gasteiger partial charge >= 0.3 is 18.1 Å². The van der Waals surface area contributed by atoms with Crippen LogP contribution in [0.5, 0.6) is 5.75 Å². The molecule has 3 rings (SSSR count). The maximum absolute atomic E-state index is 11.9. The molecule has 0 amide bonds. The average Bonchev–Trinajstić information content (AvgIpc) is 3.36. The molecule has 0 saturated heterocycles. The summed E-state index contributed by atoms with van der Waals surface area (Å²) in [5, 5.41) is 18.9. The van der Waals surface area contributed by atoms with Crippen LogP contribution in [0.15, 0.2) is 23.2 Å². The fraction of sp³-hybridized carbons (Fsp3) is 0.421. The van der Waals surface area contributed by atoms with E-state index in [0.717, 1.165) is 16.2 Å². The number of aromatic nitrogens is 1. The smallest absolute Gasteiger partial charge is 0.481 e. The van der Waals surface area contributed by atoms with Crippen LogP contribution in [0.4, 0.5) is 4.79 Å². The van der Waals surface area contributed by atoms with Crippen molar-refractivity contribution in [2.24, 2.45) is 4.99 Å². The first kappa shape index (κ1) is 23.4. The Bertz CT molecular complexity index is 992. The van der Waals surface area contributed by atoms with E-state index in [-0.39, 0.29) is 13.0 Å². The Morgan fingerprint density at radius 1 is 1.19 bits per heavy atom. The summed E-state index contributed by atoms with van der Waals surface area (Å²) in [5.41, 5.74) is 0.711. The maximum Gasteiger partial charge on any atom is 0.513 e. The fourth-order valence-corrected chi connectivity index (χ4v) is 5.51. The molecule has 1 aromatic carbocycles. The Balaban J connectivity index is 1.44. The SMILES string of the molecule is O=C(O)CCCSCCCOC(=O)Oc1ccc2nc(C3=N[C@@H](C(=O)O)CS3)sc2c1. The maximum atomic E-state index is 11.9. The van der Waals surface area contributed by atoms with Gasteiger partial charge in [0.15, 0.2) is 6.04 Å². The number of hydrogen-bond donors (Lipinski definition) is 2. The first-order chi connectivity index (χ1) is 14.9. The number of hydrogen-bond acceptors (Lipinski definition) is 10. The molecule has 0 saturated carbocycles. The molecule has 0 spiro atoms. The number of carboxylic acids is 2. The van der Waals surface area contributed by atoms with Crippen molar-refractivity contribution in [1.82, 2.24) is 4.98 Å². The number of rotatable bonds is 11. The van der Waals surface area contributed by atoms with Gasteiger partial charge in [0, 0.05) is 18.2 Å². The number of carbonyl (C=O) groups excluding carboxylic acids is 1. The summed E-state index contributed by atoms with van der Waals surface area (Å²) in [6.45, 7) is 0.222. The van der Waals surface area contributed by atoms with Gasteiger partial charge in [0.2, 0.25) is 0 Å². The number of aliphatic carboxylic acids is 2. The summed E-state index contributed by atoms with van der Waals surface area (Å²) in [4.78, 5) is 42.0. The van der Waals surface area contributed by atoms with Crippen LogP contribution >= 0.6 is 34.9 Å². The highest BCUT2D eigenvalue weighted by atomic mass is 32.2. The number of carboxylic acid groups (broad SMARTS) is 2. The van der Waals surface area contributed by atoms with E-state index in [0.29, 0.717) is 39.9 Å². The molecule has 12 heteroatoms. The minimum atomic E-state index is -0.949. The van der Waals surface area contributed by atoms with Crippen molar-refractivity contribution in [2.75, 3.05) is 23.9 Å². The lowest BCUT2D eigenvalue weighted by Crippen LogP contribution is -2.17. The summed E-state index contributed by atoms with van der Waals surface area (Å²) in [6.07, 6.45) is 0.648. The molecule has 166 valence electrons. The van der Waals surface area contributed by atoms with E-state index in [1.54, 1.807) is 30.0 Å². The molecule has 31 heavy (non-hydrogen) atoms. The molecule has 9 nitrogen and oxygen atoms in total.